The lowest BCUT2D eigenvalue weighted by molar-refractivity contribution is 0.628. The lowest BCUT2D eigenvalue weighted by atomic mass is 10.2. The lowest BCUT2D eigenvalue weighted by Gasteiger charge is -2.05. The molecule has 0 aliphatic carbocycles. The van der Waals surface area contributed by atoms with Crippen molar-refractivity contribution in [1.29, 1.82) is 5.26 Å². The standard InChI is InChI=1S/C12H11FN4/c1-8-12(7-17(2)16-8)15-11-4-9(6-14)3-10(13)5-11/h3-5,7,15H,1-2H3. The van der Waals surface area contributed by atoms with Crippen molar-refractivity contribution in [3.05, 3.63) is 41.5 Å². The molecule has 0 bridgehead atoms. The number of anilines is 2. The summed E-state index contributed by atoms with van der Waals surface area (Å²) >= 11 is 0. The van der Waals surface area contributed by atoms with Gasteiger partial charge in [0.05, 0.1) is 23.0 Å². The molecule has 0 unspecified atom stereocenters. The molecule has 0 saturated heterocycles. The average Bonchev–Trinajstić information content (AvgIpc) is 2.56. The second-order valence-electron chi connectivity index (χ2n) is 3.77. The van der Waals surface area contributed by atoms with E-state index >= 15 is 0 Å². The Morgan fingerprint density at radius 3 is 2.76 bits per heavy atom. The number of hydrogen-bond donors (Lipinski definition) is 1. The minimum absolute atomic E-state index is 0.286. The number of aryl methyl sites for hydroxylation is 2. The highest BCUT2D eigenvalue weighted by atomic mass is 19.1. The van der Waals surface area contributed by atoms with E-state index in [1.165, 1.54) is 12.1 Å². The van der Waals surface area contributed by atoms with E-state index in [1.807, 2.05) is 20.0 Å². The van der Waals surface area contributed by atoms with E-state index in [4.69, 9.17) is 5.26 Å². The highest BCUT2D eigenvalue weighted by molar-refractivity contribution is 5.62. The summed E-state index contributed by atoms with van der Waals surface area (Å²) in [4.78, 5) is 0. The van der Waals surface area contributed by atoms with E-state index in [9.17, 15) is 4.39 Å². The molecular weight excluding hydrogens is 219 g/mol. The second kappa shape index (κ2) is 4.26. The van der Waals surface area contributed by atoms with E-state index in [0.717, 1.165) is 11.4 Å². The third kappa shape index (κ3) is 2.42. The first kappa shape index (κ1) is 11.1. The van der Waals surface area contributed by atoms with Gasteiger partial charge in [0.25, 0.3) is 0 Å². The Hall–Kier alpha value is -2.35. The van der Waals surface area contributed by atoms with Crippen LogP contribution >= 0.6 is 0 Å². The van der Waals surface area contributed by atoms with Crippen LogP contribution in [0.25, 0.3) is 0 Å². The topological polar surface area (TPSA) is 53.6 Å². The van der Waals surface area contributed by atoms with Crippen molar-refractivity contribution in [3.63, 3.8) is 0 Å². The Kier molecular flexibility index (Phi) is 2.79. The second-order valence-corrected chi connectivity index (χ2v) is 3.77. The van der Waals surface area contributed by atoms with Crippen LogP contribution in [0.1, 0.15) is 11.3 Å². The normalized spacial score (nSPS) is 10.0. The minimum atomic E-state index is -0.437. The van der Waals surface area contributed by atoms with Gasteiger partial charge in [0.1, 0.15) is 5.82 Å². The summed E-state index contributed by atoms with van der Waals surface area (Å²) in [7, 11) is 1.81. The molecule has 5 heteroatoms. The Labute approximate surface area is 98.3 Å². The molecule has 0 fully saturated rings. The van der Waals surface area contributed by atoms with Gasteiger partial charge in [-0.2, -0.15) is 10.4 Å². The molecule has 0 radical (unpaired) electrons. The van der Waals surface area contributed by atoms with Gasteiger partial charge in [-0.25, -0.2) is 4.39 Å². The Morgan fingerprint density at radius 1 is 1.41 bits per heavy atom. The number of aromatic nitrogens is 2. The maximum atomic E-state index is 13.2. The van der Waals surface area contributed by atoms with Gasteiger partial charge in [0.15, 0.2) is 0 Å². The molecule has 17 heavy (non-hydrogen) atoms. The van der Waals surface area contributed by atoms with Gasteiger partial charge >= 0.3 is 0 Å². The number of nitrogens with zero attached hydrogens (tertiary/aromatic N) is 3. The molecule has 1 aromatic carbocycles. The number of halogens is 1. The van der Waals surface area contributed by atoms with Gasteiger partial charge in [-0.1, -0.05) is 0 Å². The van der Waals surface area contributed by atoms with Crippen molar-refractivity contribution in [3.8, 4) is 6.07 Å². The summed E-state index contributed by atoms with van der Waals surface area (Å²) < 4.78 is 14.9. The molecule has 2 rings (SSSR count). The zero-order chi connectivity index (χ0) is 12.4. The van der Waals surface area contributed by atoms with E-state index in [1.54, 1.807) is 16.9 Å². The first-order chi connectivity index (χ1) is 8.08. The van der Waals surface area contributed by atoms with Gasteiger partial charge in [-0.15, -0.1) is 0 Å². The quantitative estimate of drug-likeness (QED) is 0.862. The first-order valence-corrected chi connectivity index (χ1v) is 5.06. The number of nitriles is 1. The minimum Gasteiger partial charge on any atom is -0.353 e. The molecule has 2 aromatic rings. The molecular formula is C12H11FN4. The van der Waals surface area contributed by atoms with Crippen molar-refractivity contribution < 1.29 is 4.39 Å². The molecule has 4 nitrogen and oxygen atoms in total. The van der Waals surface area contributed by atoms with Crippen molar-refractivity contribution >= 4 is 11.4 Å². The molecule has 0 aliphatic heterocycles. The zero-order valence-electron chi connectivity index (χ0n) is 9.53. The summed E-state index contributed by atoms with van der Waals surface area (Å²) in [5.74, 6) is -0.437. The Morgan fingerprint density at radius 2 is 2.18 bits per heavy atom. The van der Waals surface area contributed by atoms with Crippen molar-refractivity contribution in [2.24, 2.45) is 7.05 Å². The van der Waals surface area contributed by atoms with Crippen LogP contribution in [0.4, 0.5) is 15.8 Å². The van der Waals surface area contributed by atoms with Crippen LogP contribution in [0.2, 0.25) is 0 Å². The SMILES string of the molecule is Cc1nn(C)cc1Nc1cc(F)cc(C#N)c1. The predicted molar refractivity (Wildman–Crippen MR) is 62.3 cm³/mol. The molecule has 0 aliphatic rings. The van der Waals surface area contributed by atoms with E-state index in [-0.39, 0.29) is 5.56 Å². The molecule has 86 valence electrons. The Bertz CT molecular complexity index is 595. The van der Waals surface area contributed by atoms with Gasteiger partial charge in [-0.3, -0.25) is 4.68 Å². The van der Waals surface area contributed by atoms with Crippen molar-refractivity contribution in [2.75, 3.05) is 5.32 Å². The first-order valence-electron chi connectivity index (χ1n) is 5.06. The van der Waals surface area contributed by atoms with Crippen LogP contribution in [0, 0.1) is 24.1 Å². The number of rotatable bonds is 2. The predicted octanol–water partition coefficient (Wildman–Crippen LogP) is 2.48. The number of benzene rings is 1. The summed E-state index contributed by atoms with van der Waals surface area (Å²) in [5, 5.41) is 16.0. The highest BCUT2D eigenvalue weighted by Gasteiger charge is 2.05. The van der Waals surface area contributed by atoms with Crippen LogP contribution in [0.15, 0.2) is 24.4 Å². The van der Waals surface area contributed by atoms with Crippen LogP contribution < -0.4 is 5.32 Å². The molecule has 0 saturated carbocycles. The van der Waals surface area contributed by atoms with Gasteiger partial charge < -0.3 is 5.32 Å². The van der Waals surface area contributed by atoms with E-state index in [2.05, 4.69) is 10.4 Å². The van der Waals surface area contributed by atoms with Crippen LogP contribution in [-0.2, 0) is 7.05 Å². The summed E-state index contributed by atoms with van der Waals surface area (Å²) in [5.41, 5.74) is 2.43. The van der Waals surface area contributed by atoms with Crippen molar-refractivity contribution in [1.82, 2.24) is 9.78 Å². The maximum absolute atomic E-state index is 13.2. The maximum Gasteiger partial charge on any atom is 0.126 e. The van der Waals surface area contributed by atoms with E-state index in [0.29, 0.717) is 5.69 Å². The smallest absolute Gasteiger partial charge is 0.126 e. The zero-order valence-corrected chi connectivity index (χ0v) is 9.53. The summed E-state index contributed by atoms with van der Waals surface area (Å²) in [6.45, 7) is 1.85. The molecule has 1 N–H and O–H groups in total. The van der Waals surface area contributed by atoms with Gasteiger partial charge in [-0.05, 0) is 25.1 Å². The fourth-order valence-electron chi connectivity index (χ4n) is 1.60. The fraction of sp³-hybridized carbons (Fsp3) is 0.167. The summed E-state index contributed by atoms with van der Waals surface area (Å²) in [6.07, 6.45) is 1.80. The molecule has 0 spiro atoms. The average molecular weight is 230 g/mol. The third-order valence-electron chi connectivity index (χ3n) is 2.32. The fourth-order valence-corrected chi connectivity index (χ4v) is 1.60. The van der Waals surface area contributed by atoms with Crippen LogP contribution in [0.3, 0.4) is 0 Å². The van der Waals surface area contributed by atoms with E-state index < -0.39 is 5.82 Å². The van der Waals surface area contributed by atoms with Crippen LogP contribution in [0.5, 0.6) is 0 Å². The largest absolute Gasteiger partial charge is 0.353 e. The van der Waals surface area contributed by atoms with Gasteiger partial charge in [0, 0.05) is 18.9 Å². The molecule has 0 amide bonds. The van der Waals surface area contributed by atoms with Crippen LogP contribution in [-0.4, -0.2) is 9.78 Å². The lowest BCUT2D eigenvalue weighted by Crippen LogP contribution is -1.92. The summed E-state index contributed by atoms with van der Waals surface area (Å²) in [6, 6.07) is 6.04. The molecule has 0 atom stereocenters. The molecule has 1 aromatic heterocycles. The van der Waals surface area contributed by atoms with Crippen molar-refractivity contribution in [2.45, 2.75) is 6.92 Å². The monoisotopic (exact) mass is 230 g/mol. The Balaban J connectivity index is 2.33. The highest BCUT2D eigenvalue weighted by Crippen LogP contribution is 2.21. The molecule has 1 heterocycles. The third-order valence-corrected chi connectivity index (χ3v) is 2.32. The van der Waals surface area contributed by atoms with Gasteiger partial charge in [0.2, 0.25) is 0 Å². The number of hydrogen-bond acceptors (Lipinski definition) is 3. The number of nitrogens with one attached hydrogen (secondary N) is 1.